The summed E-state index contributed by atoms with van der Waals surface area (Å²) in [5.41, 5.74) is 0. The van der Waals surface area contributed by atoms with E-state index < -0.39 is 0 Å². The van der Waals surface area contributed by atoms with E-state index in [0.717, 1.165) is 6.42 Å². The highest BCUT2D eigenvalue weighted by Gasteiger charge is 1.95. The molecule has 0 fully saturated rings. The van der Waals surface area contributed by atoms with Gasteiger partial charge < -0.3 is 0 Å². The van der Waals surface area contributed by atoms with Gasteiger partial charge in [0.15, 0.2) is 0 Å². The maximum Gasteiger partial charge on any atom is 0.0752 e. The third kappa shape index (κ3) is 5.92. The second-order valence-electron chi connectivity index (χ2n) is 2.13. The minimum Gasteiger partial charge on any atom is -0.119 e. The molecule has 0 aromatic rings. The summed E-state index contributed by atoms with van der Waals surface area (Å²) < 4.78 is 0. The highest BCUT2D eigenvalue weighted by Crippen LogP contribution is 2.09. The van der Waals surface area contributed by atoms with Crippen molar-refractivity contribution < 1.29 is 0 Å². The second-order valence-corrected chi connectivity index (χ2v) is 3.24. The molecule has 0 aliphatic carbocycles. The van der Waals surface area contributed by atoms with Gasteiger partial charge in [-0.15, -0.1) is 6.42 Å². The summed E-state index contributed by atoms with van der Waals surface area (Å²) in [6.45, 7) is 2.19. The van der Waals surface area contributed by atoms with E-state index in [-0.39, 0.29) is 0 Å². The maximum atomic E-state index is 5.16. The molecule has 0 amide bonds. The molecule has 0 spiro atoms. The molecule has 0 rings (SSSR count). The van der Waals surface area contributed by atoms with Crippen molar-refractivity contribution in [2.75, 3.05) is 0 Å². The molecule has 1 atom stereocenters. The number of terminal acetylenes is 1. The van der Waals surface area contributed by atoms with Crippen molar-refractivity contribution in [2.45, 2.75) is 37.4 Å². The third-order valence-corrected chi connectivity index (χ3v) is 1.96. The lowest BCUT2D eigenvalue weighted by Crippen LogP contribution is -1.91. The molecule has 0 N–H and O–H groups in total. The average molecular weight is 189 g/mol. The van der Waals surface area contributed by atoms with Gasteiger partial charge in [0.25, 0.3) is 0 Å². The monoisotopic (exact) mass is 188 g/mol. The number of unbranched alkanes of at least 4 members (excludes halogenated alkanes) is 2. The van der Waals surface area contributed by atoms with Gasteiger partial charge in [0.05, 0.1) is 4.83 Å². The zero-order valence-corrected chi connectivity index (χ0v) is 7.45. The Morgan fingerprint density at radius 1 is 1.56 bits per heavy atom. The van der Waals surface area contributed by atoms with Crippen molar-refractivity contribution in [1.29, 1.82) is 0 Å². The molecule has 0 aliphatic rings. The minimum absolute atomic E-state index is 0.295. The maximum absolute atomic E-state index is 5.16. The number of rotatable bonds is 4. The highest BCUT2D eigenvalue weighted by molar-refractivity contribution is 9.09. The van der Waals surface area contributed by atoms with E-state index in [1.165, 1.54) is 19.3 Å². The smallest absolute Gasteiger partial charge is 0.0752 e. The Bertz CT molecular complexity index is 91.2. The Hall–Kier alpha value is 0.0400. The summed E-state index contributed by atoms with van der Waals surface area (Å²) in [7, 11) is 0. The fourth-order valence-electron chi connectivity index (χ4n) is 0.657. The van der Waals surface area contributed by atoms with Crippen LogP contribution in [-0.2, 0) is 0 Å². The predicted octanol–water partition coefficient (Wildman–Crippen LogP) is 2.96. The predicted molar refractivity (Wildman–Crippen MR) is 45.7 cm³/mol. The quantitative estimate of drug-likeness (QED) is 0.362. The molecule has 1 heteroatoms. The molecule has 0 aliphatic heterocycles. The first kappa shape index (κ1) is 9.04. The Balaban J connectivity index is 2.99. The van der Waals surface area contributed by atoms with Gasteiger partial charge in [-0.05, 0) is 6.42 Å². The fourth-order valence-corrected chi connectivity index (χ4v) is 0.981. The normalized spacial score (nSPS) is 12.6. The Morgan fingerprint density at radius 3 is 2.67 bits per heavy atom. The molecular weight excluding hydrogens is 176 g/mol. The molecule has 9 heavy (non-hydrogen) atoms. The van der Waals surface area contributed by atoms with E-state index in [0.29, 0.717) is 4.83 Å². The number of alkyl halides is 1. The van der Waals surface area contributed by atoms with Crippen LogP contribution in [0.3, 0.4) is 0 Å². The summed E-state index contributed by atoms with van der Waals surface area (Å²) in [5, 5.41) is 0. The standard InChI is InChI=1S/C8H13Br/c1-3-5-6-7-8(9)4-2/h2,8H,3,5-7H2,1H3. The summed E-state index contributed by atoms with van der Waals surface area (Å²) >= 11 is 3.37. The van der Waals surface area contributed by atoms with Crippen molar-refractivity contribution in [3.63, 3.8) is 0 Å². The van der Waals surface area contributed by atoms with Gasteiger partial charge in [0.1, 0.15) is 0 Å². The van der Waals surface area contributed by atoms with Gasteiger partial charge in [-0.25, -0.2) is 0 Å². The van der Waals surface area contributed by atoms with Crippen molar-refractivity contribution in [1.82, 2.24) is 0 Å². The van der Waals surface area contributed by atoms with Crippen LogP contribution >= 0.6 is 15.9 Å². The lowest BCUT2D eigenvalue weighted by Gasteiger charge is -1.98. The van der Waals surface area contributed by atoms with Gasteiger partial charge >= 0.3 is 0 Å². The first-order valence-corrected chi connectivity index (χ1v) is 4.33. The van der Waals surface area contributed by atoms with Crippen LogP contribution in [0.5, 0.6) is 0 Å². The van der Waals surface area contributed by atoms with Crippen molar-refractivity contribution >= 4 is 15.9 Å². The van der Waals surface area contributed by atoms with Crippen molar-refractivity contribution in [3.8, 4) is 12.3 Å². The molecule has 0 heterocycles. The van der Waals surface area contributed by atoms with Crippen LogP contribution < -0.4 is 0 Å². The molecular formula is C8H13Br. The summed E-state index contributed by atoms with van der Waals surface area (Å²) in [6, 6.07) is 0. The van der Waals surface area contributed by atoms with Crippen LogP contribution in [0.1, 0.15) is 32.6 Å². The van der Waals surface area contributed by atoms with Crippen molar-refractivity contribution in [2.24, 2.45) is 0 Å². The molecule has 0 aromatic carbocycles. The van der Waals surface area contributed by atoms with Crippen LogP contribution in [0.4, 0.5) is 0 Å². The SMILES string of the molecule is C#CC(Br)CCCCC. The van der Waals surface area contributed by atoms with Gasteiger partial charge in [-0.3, -0.25) is 0 Å². The van der Waals surface area contributed by atoms with Crippen LogP contribution in [0.25, 0.3) is 0 Å². The zero-order chi connectivity index (χ0) is 7.11. The minimum atomic E-state index is 0.295. The van der Waals surface area contributed by atoms with Crippen molar-refractivity contribution in [3.05, 3.63) is 0 Å². The van der Waals surface area contributed by atoms with E-state index in [4.69, 9.17) is 6.42 Å². The largest absolute Gasteiger partial charge is 0.119 e. The van der Waals surface area contributed by atoms with Crippen LogP contribution in [-0.4, -0.2) is 4.83 Å². The van der Waals surface area contributed by atoms with E-state index in [2.05, 4.69) is 28.8 Å². The molecule has 0 saturated heterocycles. The van der Waals surface area contributed by atoms with Gasteiger partial charge in [0.2, 0.25) is 0 Å². The van der Waals surface area contributed by atoms with Crippen LogP contribution in [0.15, 0.2) is 0 Å². The van der Waals surface area contributed by atoms with E-state index in [1.54, 1.807) is 0 Å². The number of hydrogen-bond donors (Lipinski definition) is 0. The summed E-state index contributed by atoms with van der Waals surface area (Å²) in [6.07, 6.45) is 10.1. The van der Waals surface area contributed by atoms with Crippen LogP contribution in [0, 0.1) is 12.3 Å². The average Bonchev–Trinajstić information content (AvgIpc) is 1.89. The molecule has 0 saturated carbocycles. The first-order chi connectivity index (χ1) is 4.31. The lowest BCUT2D eigenvalue weighted by atomic mass is 10.2. The van der Waals surface area contributed by atoms with E-state index >= 15 is 0 Å². The fraction of sp³-hybridized carbons (Fsp3) is 0.750. The van der Waals surface area contributed by atoms with E-state index in [9.17, 15) is 0 Å². The lowest BCUT2D eigenvalue weighted by molar-refractivity contribution is 0.688. The highest BCUT2D eigenvalue weighted by atomic mass is 79.9. The summed E-state index contributed by atoms with van der Waals surface area (Å²) in [4.78, 5) is 0.295. The molecule has 0 bridgehead atoms. The molecule has 52 valence electrons. The van der Waals surface area contributed by atoms with E-state index in [1.807, 2.05) is 0 Å². The third-order valence-electron chi connectivity index (χ3n) is 1.24. The van der Waals surface area contributed by atoms with Gasteiger partial charge in [-0.2, -0.15) is 0 Å². The Morgan fingerprint density at radius 2 is 2.22 bits per heavy atom. The second kappa shape index (κ2) is 6.16. The molecule has 1 unspecified atom stereocenters. The van der Waals surface area contributed by atoms with Gasteiger partial charge in [-0.1, -0.05) is 48.0 Å². The van der Waals surface area contributed by atoms with Crippen LogP contribution in [0.2, 0.25) is 0 Å². The Kier molecular flexibility index (Phi) is 6.19. The van der Waals surface area contributed by atoms with Gasteiger partial charge in [0, 0.05) is 0 Å². The topological polar surface area (TPSA) is 0 Å². The molecule has 0 aromatic heterocycles. The Labute approximate surface area is 66.2 Å². The zero-order valence-electron chi connectivity index (χ0n) is 5.86. The first-order valence-electron chi connectivity index (χ1n) is 3.41. The number of hydrogen-bond acceptors (Lipinski definition) is 0. The summed E-state index contributed by atoms with van der Waals surface area (Å²) in [5.74, 6) is 2.64. The molecule has 0 radical (unpaired) electrons. The number of halogens is 1. The molecule has 0 nitrogen and oxygen atoms in total.